The van der Waals surface area contributed by atoms with E-state index in [4.69, 9.17) is 9.47 Å². The lowest BCUT2D eigenvalue weighted by molar-refractivity contribution is -0.140. The van der Waals surface area contributed by atoms with Gasteiger partial charge in [0.2, 0.25) is 0 Å². The fourth-order valence-electron chi connectivity index (χ4n) is 1.15. The second kappa shape index (κ2) is 10.3. The van der Waals surface area contributed by atoms with Crippen LogP contribution in [0.5, 0.6) is 0 Å². The molecule has 0 amide bonds. The van der Waals surface area contributed by atoms with Crippen molar-refractivity contribution in [3.8, 4) is 0 Å². The van der Waals surface area contributed by atoms with Crippen LogP contribution in [0, 0.1) is 0 Å². The summed E-state index contributed by atoms with van der Waals surface area (Å²) in [6, 6.07) is 0. The summed E-state index contributed by atoms with van der Waals surface area (Å²) in [5, 5.41) is 0. The van der Waals surface area contributed by atoms with Gasteiger partial charge in [0.25, 0.3) is 0 Å². The second-order valence-corrected chi connectivity index (χ2v) is 4.83. The molecule has 0 spiro atoms. The van der Waals surface area contributed by atoms with Crippen molar-refractivity contribution in [3.05, 3.63) is 0 Å². The first-order valence-electron chi connectivity index (χ1n) is 5.15. The van der Waals surface area contributed by atoms with Gasteiger partial charge in [0, 0.05) is 19.8 Å². The van der Waals surface area contributed by atoms with Crippen molar-refractivity contribution in [2.75, 3.05) is 26.8 Å². The molecular weight excluding hydrogens is 216 g/mol. The topological polar surface area (TPSA) is 21.7 Å². The summed E-state index contributed by atoms with van der Waals surface area (Å²) in [6.45, 7) is 6.57. The quantitative estimate of drug-likeness (QED) is 0.456. The summed E-state index contributed by atoms with van der Waals surface area (Å²) >= 11 is 0. The van der Waals surface area contributed by atoms with Crippen molar-refractivity contribution >= 4 is 17.3 Å². The lowest BCUT2D eigenvalue weighted by atomic mass is 10.3. The molecule has 0 saturated carbocycles. The fraction of sp³-hybridized carbons (Fsp3) is 1.00. The van der Waals surface area contributed by atoms with Gasteiger partial charge < -0.3 is 9.47 Å². The number of nitrogens with zero attached hydrogens (tertiary/aromatic N) is 1. The van der Waals surface area contributed by atoms with Crippen molar-refractivity contribution < 1.29 is 9.47 Å². The molecule has 0 aromatic rings. The van der Waals surface area contributed by atoms with Crippen LogP contribution in [-0.4, -0.2) is 37.8 Å². The van der Waals surface area contributed by atoms with Gasteiger partial charge in [0.15, 0.2) is 6.29 Å². The van der Waals surface area contributed by atoms with Crippen molar-refractivity contribution in [2.45, 2.75) is 33.0 Å². The van der Waals surface area contributed by atoms with Gasteiger partial charge in [0.05, 0.1) is 0 Å². The predicted octanol–water partition coefficient (Wildman–Crippen LogP) is 2.48. The largest absolute Gasteiger partial charge is 0.353 e. The highest BCUT2D eigenvalue weighted by Crippen LogP contribution is 2.24. The van der Waals surface area contributed by atoms with E-state index in [1.54, 1.807) is 0 Å². The molecule has 0 aromatic heterocycles. The summed E-state index contributed by atoms with van der Waals surface area (Å²) < 4.78 is 13.2. The molecule has 0 radical (unpaired) electrons. The van der Waals surface area contributed by atoms with E-state index in [9.17, 15) is 0 Å². The monoisotopic (exact) mass is 239 g/mol. The minimum absolute atomic E-state index is 0.00811. The van der Waals surface area contributed by atoms with Crippen molar-refractivity contribution in [1.29, 1.82) is 0 Å². The zero-order valence-electron chi connectivity index (χ0n) is 9.45. The van der Waals surface area contributed by atoms with Gasteiger partial charge in [-0.2, -0.15) is 0 Å². The van der Waals surface area contributed by atoms with Gasteiger partial charge in [-0.15, -0.1) is 0 Å². The van der Waals surface area contributed by atoms with E-state index in [-0.39, 0.29) is 6.29 Å². The Bertz CT molecular complexity index is 121. The molecule has 0 fully saturated rings. The van der Waals surface area contributed by atoms with Crippen molar-refractivity contribution in [1.82, 2.24) is 4.67 Å². The van der Waals surface area contributed by atoms with Gasteiger partial charge in [-0.3, -0.25) is 4.67 Å². The van der Waals surface area contributed by atoms with Crippen LogP contribution >= 0.6 is 17.3 Å². The maximum absolute atomic E-state index is 5.45. The zero-order chi connectivity index (χ0) is 10.8. The molecule has 14 heavy (non-hydrogen) atoms. The summed E-state index contributed by atoms with van der Waals surface area (Å²) in [4.78, 5) is 0. The first-order valence-corrected chi connectivity index (χ1v) is 7.90. The van der Waals surface area contributed by atoms with E-state index in [0.717, 1.165) is 41.0 Å². The number of hydrogen-bond acceptors (Lipinski definition) is 3. The molecule has 0 aromatic carbocycles. The Hall–Kier alpha value is 0.740. The van der Waals surface area contributed by atoms with E-state index >= 15 is 0 Å². The Balaban J connectivity index is 3.49. The smallest absolute Gasteiger partial charge is 0.157 e. The maximum atomic E-state index is 5.45. The Morgan fingerprint density at radius 2 is 1.86 bits per heavy atom. The normalized spacial score (nSPS) is 12.4. The highest BCUT2D eigenvalue weighted by Gasteiger charge is 2.07. The first-order chi connectivity index (χ1) is 6.74. The number of ether oxygens (including phenoxy) is 2. The maximum Gasteiger partial charge on any atom is 0.157 e. The van der Waals surface area contributed by atoms with Crippen LogP contribution in [-0.2, 0) is 9.47 Å². The lowest BCUT2D eigenvalue weighted by Gasteiger charge is -2.18. The van der Waals surface area contributed by atoms with Crippen LogP contribution in [0.2, 0.25) is 0 Å². The van der Waals surface area contributed by atoms with Gasteiger partial charge in [0.1, 0.15) is 0 Å². The third-order valence-electron chi connectivity index (χ3n) is 1.86. The standard InChI is InChI=1S/C9H23NO2P2/c1-4-11-9(12-5-2)7-6-8-10(3)14-13/h9,14H,4-8,13H2,1-3H3. The molecule has 2 atom stereocenters. The third-order valence-corrected chi connectivity index (χ3v) is 3.85. The molecule has 0 aliphatic carbocycles. The molecular formula is C9H23NO2P2. The zero-order valence-corrected chi connectivity index (χ0v) is 11.6. The average Bonchev–Trinajstić information content (AvgIpc) is 2.18. The van der Waals surface area contributed by atoms with Gasteiger partial charge in [-0.25, -0.2) is 0 Å². The fourth-order valence-corrected chi connectivity index (χ4v) is 1.82. The Morgan fingerprint density at radius 1 is 1.29 bits per heavy atom. The molecule has 86 valence electrons. The minimum Gasteiger partial charge on any atom is -0.353 e. The molecule has 0 rings (SSSR count). The highest BCUT2D eigenvalue weighted by molar-refractivity contribution is 8.01. The SMILES string of the molecule is CCOC(CCCN(C)PP)OCC. The van der Waals surface area contributed by atoms with Crippen molar-refractivity contribution in [2.24, 2.45) is 0 Å². The average molecular weight is 239 g/mol. The van der Waals surface area contributed by atoms with Crippen LogP contribution in [0.4, 0.5) is 0 Å². The second-order valence-electron chi connectivity index (χ2n) is 3.03. The molecule has 0 bridgehead atoms. The molecule has 0 heterocycles. The third kappa shape index (κ3) is 8.08. The van der Waals surface area contributed by atoms with Crippen LogP contribution in [0.15, 0.2) is 0 Å². The van der Waals surface area contributed by atoms with Crippen LogP contribution in [0.1, 0.15) is 26.7 Å². The summed E-state index contributed by atoms with van der Waals surface area (Å²) in [5.41, 5.74) is 0. The van der Waals surface area contributed by atoms with E-state index in [1.807, 2.05) is 13.8 Å². The van der Waals surface area contributed by atoms with Gasteiger partial charge in [-0.05, 0) is 42.2 Å². The van der Waals surface area contributed by atoms with Crippen LogP contribution < -0.4 is 0 Å². The number of hydrogen-bond donors (Lipinski definition) is 0. The summed E-state index contributed by atoms with van der Waals surface area (Å²) in [6.07, 6.45) is 2.11. The molecule has 5 heteroatoms. The molecule has 3 nitrogen and oxygen atoms in total. The van der Waals surface area contributed by atoms with E-state index < -0.39 is 0 Å². The Morgan fingerprint density at radius 3 is 2.29 bits per heavy atom. The highest BCUT2D eigenvalue weighted by atomic mass is 32.0. The Kier molecular flexibility index (Phi) is 10.8. The van der Waals surface area contributed by atoms with Crippen molar-refractivity contribution in [3.63, 3.8) is 0 Å². The molecule has 0 N–H and O–H groups in total. The van der Waals surface area contributed by atoms with E-state index in [2.05, 4.69) is 20.6 Å². The summed E-state index contributed by atoms with van der Waals surface area (Å²) in [7, 11) is 5.68. The van der Waals surface area contributed by atoms with Gasteiger partial charge >= 0.3 is 0 Å². The molecule has 0 aliphatic heterocycles. The van der Waals surface area contributed by atoms with Crippen LogP contribution in [0.3, 0.4) is 0 Å². The first kappa shape index (κ1) is 14.7. The summed E-state index contributed by atoms with van der Waals surface area (Å²) in [5.74, 6) is 0. The van der Waals surface area contributed by atoms with E-state index in [0.29, 0.717) is 0 Å². The molecule has 0 aliphatic rings. The number of rotatable bonds is 9. The van der Waals surface area contributed by atoms with Gasteiger partial charge in [-0.1, -0.05) is 8.93 Å². The minimum atomic E-state index is -0.00811. The van der Waals surface area contributed by atoms with Crippen LogP contribution in [0.25, 0.3) is 0 Å². The molecule has 0 saturated heterocycles. The lowest BCUT2D eigenvalue weighted by Crippen LogP contribution is -2.19. The predicted molar refractivity (Wildman–Crippen MR) is 66.9 cm³/mol. The Labute approximate surface area is 91.8 Å². The molecule has 2 unspecified atom stereocenters. The van der Waals surface area contributed by atoms with E-state index in [1.165, 1.54) is 0 Å².